The number of nitrogens with zero attached hydrogens (tertiary/aromatic N) is 6. The van der Waals surface area contributed by atoms with Crippen molar-refractivity contribution in [2.45, 2.75) is 65.2 Å². The van der Waals surface area contributed by atoms with E-state index >= 15 is 0 Å². The molecule has 0 aromatic rings. The van der Waals surface area contributed by atoms with Crippen molar-refractivity contribution in [3.8, 4) is 0 Å². The van der Waals surface area contributed by atoms with E-state index in [2.05, 4.69) is 47.5 Å². The summed E-state index contributed by atoms with van der Waals surface area (Å²) in [6.07, 6.45) is 2.84. The van der Waals surface area contributed by atoms with E-state index in [0.29, 0.717) is 13.1 Å². The van der Waals surface area contributed by atoms with Gasteiger partial charge in [0, 0.05) is 57.4 Å². The van der Waals surface area contributed by atoms with Gasteiger partial charge in [-0.2, -0.15) is 0 Å². The van der Waals surface area contributed by atoms with Crippen LogP contribution in [0.4, 0.5) is 0 Å². The lowest BCUT2D eigenvalue weighted by atomic mass is 10.2. The SMILES string of the molecule is C.CCN1CC(=O)N(C)C(=O)C1.CCN1CC2CC1CN2C.CCN1CC2CC1CN2C. The van der Waals surface area contributed by atoms with E-state index in [9.17, 15) is 9.59 Å². The molecule has 5 aliphatic rings. The van der Waals surface area contributed by atoms with Crippen molar-refractivity contribution >= 4 is 11.8 Å². The molecule has 2 amide bonds. The van der Waals surface area contributed by atoms with Crippen molar-refractivity contribution in [3.63, 3.8) is 0 Å². The maximum absolute atomic E-state index is 11.0. The Balaban J connectivity index is 0.000000168. The molecule has 5 saturated heterocycles. The van der Waals surface area contributed by atoms with Crippen LogP contribution in [-0.2, 0) is 9.59 Å². The van der Waals surface area contributed by atoms with Crippen molar-refractivity contribution in [3.05, 3.63) is 0 Å². The molecule has 0 aromatic carbocycles. The van der Waals surface area contributed by atoms with Crippen molar-refractivity contribution in [1.29, 1.82) is 0 Å². The van der Waals surface area contributed by atoms with Gasteiger partial charge in [0.15, 0.2) is 0 Å². The predicted molar refractivity (Wildman–Crippen MR) is 131 cm³/mol. The number of likely N-dealkylation sites (tertiary alicyclic amines) is 4. The van der Waals surface area contributed by atoms with Gasteiger partial charge in [0.05, 0.1) is 13.1 Å². The zero-order valence-electron chi connectivity index (χ0n) is 20.6. The van der Waals surface area contributed by atoms with Gasteiger partial charge in [-0.1, -0.05) is 28.2 Å². The smallest absolute Gasteiger partial charge is 0.243 e. The zero-order chi connectivity index (χ0) is 22.7. The molecular weight excluding hydrogens is 404 g/mol. The summed E-state index contributed by atoms with van der Waals surface area (Å²) >= 11 is 0. The Kier molecular flexibility index (Phi) is 10.1. The molecule has 4 unspecified atom stereocenters. The molecule has 0 aromatic heterocycles. The number of fused-ring (bicyclic) bond motifs is 4. The highest BCUT2D eigenvalue weighted by Crippen LogP contribution is 2.29. The number of hydrogen-bond acceptors (Lipinski definition) is 7. The summed E-state index contributed by atoms with van der Waals surface area (Å²) < 4.78 is 0. The number of carbonyl (C=O) groups excluding carboxylic acids is 2. The number of piperazine rings is 3. The average Bonchev–Trinajstić information content (AvgIpc) is 3.52. The fourth-order valence-corrected chi connectivity index (χ4v) is 5.68. The van der Waals surface area contributed by atoms with Crippen LogP contribution in [0.3, 0.4) is 0 Å². The zero-order valence-corrected chi connectivity index (χ0v) is 20.6. The second-order valence-electron chi connectivity index (χ2n) is 9.79. The maximum atomic E-state index is 11.0. The Morgan fingerprint density at radius 3 is 1.31 bits per heavy atom. The molecule has 4 atom stereocenters. The summed E-state index contributed by atoms with van der Waals surface area (Å²) in [7, 11) is 6.02. The highest BCUT2D eigenvalue weighted by Gasteiger charge is 2.41. The standard InChI is InChI=1S/2C8H16N2.C7H12N2O2.CH4/c2*1-3-10-6-7-4-8(10)5-9(7)2;1-3-9-4-6(10)8(2)7(11)5-9;/h2*7-8H,3-6H2,1-2H3;3-5H2,1-2H3;1H4. The second-order valence-corrected chi connectivity index (χ2v) is 9.79. The third-order valence-corrected chi connectivity index (χ3v) is 7.98. The fourth-order valence-electron chi connectivity index (χ4n) is 5.68. The molecule has 0 saturated carbocycles. The minimum Gasteiger partial charge on any atom is -0.301 e. The van der Waals surface area contributed by atoms with E-state index in [1.165, 1.54) is 64.1 Å². The number of hydrogen-bond donors (Lipinski definition) is 0. The Morgan fingerprint density at radius 1 is 0.656 bits per heavy atom. The molecule has 8 heteroatoms. The average molecular weight is 453 g/mol. The van der Waals surface area contributed by atoms with Gasteiger partial charge >= 0.3 is 0 Å². The monoisotopic (exact) mass is 452 g/mol. The molecule has 4 bridgehead atoms. The van der Waals surface area contributed by atoms with Gasteiger partial charge in [-0.3, -0.25) is 29.2 Å². The largest absolute Gasteiger partial charge is 0.301 e. The van der Waals surface area contributed by atoms with Crippen LogP contribution in [0.15, 0.2) is 0 Å². The lowest BCUT2D eigenvalue weighted by Gasteiger charge is -2.30. The highest BCUT2D eigenvalue weighted by atomic mass is 16.2. The number of imide groups is 1. The molecule has 32 heavy (non-hydrogen) atoms. The van der Waals surface area contributed by atoms with Gasteiger partial charge in [0.25, 0.3) is 0 Å². The van der Waals surface area contributed by atoms with E-state index in [1.807, 2.05) is 11.8 Å². The summed E-state index contributed by atoms with van der Waals surface area (Å²) in [6.45, 7) is 15.7. The summed E-state index contributed by atoms with van der Waals surface area (Å²) in [5, 5.41) is 0. The van der Waals surface area contributed by atoms with Crippen LogP contribution in [0.1, 0.15) is 41.0 Å². The van der Waals surface area contributed by atoms with Crippen LogP contribution in [0.25, 0.3) is 0 Å². The van der Waals surface area contributed by atoms with Gasteiger partial charge in [-0.25, -0.2) is 0 Å². The molecule has 0 aliphatic carbocycles. The quantitative estimate of drug-likeness (QED) is 0.585. The molecule has 5 heterocycles. The first-order valence-electron chi connectivity index (χ1n) is 12.2. The molecule has 0 spiro atoms. The lowest BCUT2D eigenvalue weighted by molar-refractivity contribution is -0.149. The molecule has 5 rings (SSSR count). The number of rotatable bonds is 3. The minimum absolute atomic E-state index is 0. The van der Waals surface area contributed by atoms with Gasteiger partial charge in [0.2, 0.25) is 11.8 Å². The summed E-state index contributed by atoms with van der Waals surface area (Å²) in [5.41, 5.74) is 0. The Labute approximate surface area is 196 Å². The van der Waals surface area contributed by atoms with Crippen LogP contribution in [-0.4, -0.2) is 145 Å². The third-order valence-electron chi connectivity index (χ3n) is 7.98. The Morgan fingerprint density at radius 2 is 1.06 bits per heavy atom. The molecular formula is C24H48N6O2. The molecule has 186 valence electrons. The third kappa shape index (κ3) is 6.08. The van der Waals surface area contributed by atoms with E-state index in [-0.39, 0.29) is 19.2 Å². The minimum atomic E-state index is -0.108. The van der Waals surface area contributed by atoms with Crippen molar-refractivity contribution in [2.24, 2.45) is 0 Å². The van der Waals surface area contributed by atoms with Gasteiger partial charge in [0.1, 0.15) is 0 Å². The predicted octanol–water partition coefficient (Wildman–Crippen LogP) is 0.732. The molecule has 8 nitrogen and oxygen atoms in total. The number of amides is 2. The van der Waals surface area contributed by atoms with E-state index in [0.717, 1.165) is 30.7 Å². The van der Waals surface area contributed by atoms with E-state index < -0.39 is 0 Å². The first-order chi connectivity index (χ1) is 14.8. The first-order valence-corrected chi connectivity index (χ1v) is 12.2. The molecule has 5 aliphatic heterocycles. The Hall–Kier alpha value is -1.06. The van der Waals surface area contributed by atoms with Crippen LogP contribution < -0.4 is 0 Å². The van der Waals surface area contributed by atoms with Crippen LogP contribution >= 0.6 is 0 Å². The van der Waals surface area contributed by atoms with Gasteiger partial charge < -0.3 is 9.80 Å². The molecule has 5 fully saturated rings. The molecule has 0 N–H and O–H groups in total. The Bertz CT molecular complexity index is 578. The number of carbonyl (C=O) groups is 2. The topological polar surface area (TPSA) is 53.6 Å². The van der Waals surface area contributed by atoms with Crippen LogP contribution in [0, 0.1) is 0 Å². The van der Waals surface area contributed by atoms with Crippen LogP contribution in [0.2, 0.25) is 0 Å². The first kappa shape index (κ1) is 27.2. The summed E-state index contributed by atoms with van der Waals surface area (Å²) in [6, 6.07) is 3.54. The van der Waals surface area contributed by atoms with Crippen LogP contribution in [0.5, 0.6) is 0 Å². The van der Waals surface area contributed by atoms with Gasteiger partial charge in [-0.15, -0.1) is 0 Å². The summed E-state index contributed by atoms with van der Waals surface area (Å²) in [5.74, 6) is -0.216. The van der Waals surface area contributed by atoms with Crippen molar-refractivity contribution < 1.29 is 9.59 Å². The van der Waals surface area contributed by atoms with E-state index in [4.69, 9.17) is 0 Å². The molecule has 0 radical (unpaired) electrons. The van der Waals surface area contributed by atoms with Crippen molar-refractivity contribution in [2.75, 3.05) is 80.0 Å². The number of likely N-dealkylation sites (N-methyl/N-ethyl adjacent to an activating group) is 6. The van der Waals surface area contributed by atoms with E-state index in [1.54, 1.807) is 0 Å². The normalized spacial score (nSPS) is 33.1. The summed E-state index contributed by atoms with van der Waals surface area (Å²) in [4.78, 5) is 35.3. The maximum Gasteiger partial charge on any atom is 0.243 e. The lowest BCUT2D eigenvalue weighted by Crippen LogP contribution is -2.51. The fraction of sp³-hybridized carbons (Fsp3) is 0.917. The van der Waals surface area contributed by atoms with Gasteiger partial charge in [-0.05, 0) is 46.6 Å². The van der Waals surface area contributed by atoms with Crippen molar-refractivity contribution in [1.82, 2.24) is 29.4 Å². The highest BCUT2D eigenvalue weighted by molar-refractivity contribution is 5.99. The second kappa shape index (κ2) is 11.9.